The van der Waals surface area contributed by atoms with E-state index in [0.717, 1.165) is 25.7 Å². The highest BCUT2D eigenvalue weighted by Gasteiger charge is 2.43. The summed E-state index contributed by atoms with van der Waals surface area (Å²) in [6.07, 6.45) is 10.5. The number of hydrogen-bond acceptors (Lipinski definition) is 4. The fraction of sp³-hybridized carbons (Fsp3) is 1.00. The molecule has 5 heteroatoms. The average molecular weight is 387 g/mol. The van der Waals surface area contributed by atoms with E-state index >= 15 is 0 Å². The van der Waals surface area contributed by atoms with Gasteiger partial charge in [0.1, 0.15) is 0 Å². The van der Waals surface area contributed by atoms with Crippen LogP contribution in [0.5, 0.6) is 0 Å². The van der Waals surface area contributed by atoms with Gasteiger partial charge in [0, 0.05) is 19.8 Å². The first-order chi connectivity index (χ1) is 12.4. The summed E-state index contributed by atoms with van der Waals surface area (Å²) in [5.41, 5.74) is 0. The largest absolute Gasteiger partial charge is 0.484 e. The quantitative estimate of drug-likeness (QED) is 0.243. The lowest BCUT2D eigenvalue weighted by Gasteiger charge is -2.21. The van der Waals surface area contributed by atoms with Crippen molar-refractivity contribution < 1.29 is 18.0 Å². The molecule has 1 aliphatic carbocycles. The molecule has 1 aliphatic heterocycles. The zero-order chi connectivity index (χ0) is 18.9. The lowest BCUT2D eigenvalue weighted by Crippen LogP contribution is -2.32. The molecule has 0 aromatic rings. The number of hydrogen-bond donors (Lipinski definition) is 0. The van der Waals surface area contributed by atoms with E-state index in [1.165, 1.54) is 44.9 Å². The van der Waals surface area contributed by atoms with Crippen LogP contribution < -0.4 is 0 Å². The summed E-state index contributed by atoms with van der Waals surface area (Å²) in [4.78, 5) is 0. The molecule has 2 rings (SSSR count). The highest BCUT2D eigenvalue weighted by molar-refractivity contribution is 6.36. The molecule has 0 radical (unpaired) electrons. The molecule has 0 amide bonds. The van der Waals surface area contributed by atoms with Crippen LogP contribution in [0.2, 0.25) is 0 Å². The second kappa shape index (κ2) is 11.8. The highest BCUT2D eigenvalue weighted by Crippen LogP contribution is 2.41. The molecule has 1 saturated heterocycles. The zero-order valence-electron chi connectivity index (χ0n) is 17.7. The van der Waals surface area contributed by atoms with Gasteiger partial charge in [-0.2, -0.15) is 0 Å². The normalized spacial score (nSPS) is 26.5. The van der Waals surface area contributed by atoms with Gasteiger partial charge in [-0.05, 0) is 49.4 Å². The summed E-state index contributed by atoms with van der Waals surface area (Å²) >= 11 is 0. The molecule has 2 aliphatic rings. The van der Waals surface area contributed by atoms with Crippen molar-refractivity contribution in [1.29, 1.82) is 0 Å². The van der Waals surface area contributed by atoms with E-state index in [2.05, 4.69) is 34.6 Å². The standard InChI is InChI=1S/C21H42O4Si/c1-16(2)13-22-26(23-14-17(3)4)24-15-18(5)8-6-7-9-19-10-11-20-21(12-19)25-20/h16-21,26H,6-15H2,1-5H3. The lowest BCUT2D eigenvalue weighted by atomic mass is 9.85. The molecule has 2 fully saturated rings. The second-order valence-corrected chi connectivity index (χ2v) is 10.9. The fourth-order valence-electron chi connectivity index (χ4n) is 3.69. The SMILES string of the molecule is CC(C)CO[SiH](OCC(C)C)OCC(C)CCCCC1CCC2OC2C1. The smallest absolute Gasteiger partial charge is 0.376 e. The van der Waals surface area contributed by atoms with Crippen LogP contribution in [0.3, 0.4) is 0 Å². The van der Waals surface area contributed by atoms with Gasteiger partial charge in [0.2, 0.25) is 0 Å². The van der Waals surface area contributed by atoms with Crippen LogP contribution >= 0.6 is 0 Å². The molecule has 26 heavy (non-hydrogen) atoms. The van der Waals surface area contributed by atoms with E-state index in [-0.39, 0.29) is 0 Å². The monoisotopic (exact) mass is 386 g/mol. The van der Waals surface area contributed by atoms with Gasteiger partial charge in [-0.15, -0.1) is 0 Å². The Kier molecular flexibility index (Phi) is 10.1. The number of unbranched alkanes of at least 4 members (excludes halogenated alkanes) is 1. The van der Waals surface area contributed by atoms with Crippen molar-refractivity contribution in [2.75, 3.05) is 19.8 Å². The highest BCUT2D eigenvalue weighted by atomic mass is 28.3. The Labute approximate surface area is 163 Å². The second-order valence-electron chi connectivity index (χ2n) is 9.36. The first kappa shape index (κ1) is 22.3. The summed E-state index contributed by atoms with van der Waals surface area (Å²) < 4.78 is 23.5. The maximum atomic E-state index is 6.05. The van der Waals surface area contributed by atoms with Crippen molar-refractivity contribution in [2.45, 2.75) is 91.8 Å². The van der Waals surface area contributed by atoms with E-state index in [1.54, 1.807) is 0 Å². The van der Waals surface area contributed by atoms with Crippen molar-refractivity contribution in [2.24, 2.45) is 23.7 Å². The number of ether oxygens (including phenoxy) is 1. The summed E-state index contributed by atoms with van der Waals surface area (Å²) in [6, 6.07) is 0. The van der Waals surface area contributed by atoms with Crippen molar-refractivity contribution in [1.82, 2.24) is 0 Å². The minimum absolute atomic E-state index is 0.518. The first-order valence-electron chi connectivity index (χ1n) is 10.9. The van der Waals surface area contributed by atoms with Crippen LogP contribution in [0.1, 0.15) is 79.6 Å². The van der Waals surface area contributed by atoms with Gasteiger partial charge in [-0.25, -0.2) is 0 Å². The Bertz CT molecular complexity index is 365. The van der Waals surface area contributed by atoms with Gasteiger partial charge in [0.25, 0.3) is 0 Å². The van der Waals surface area contributed by atoms with Crippen LogP contribution in [0.25, 0.3) is 0 Å². The van der Waals surface area contributed by atoms with Crippen LogP contribution in [0.15, 0.2) is 0 Å². The zero-order valence-corrected chi connectivity index (χ0v) is 18.9. The Hall–Kier alpha value is 0.0569. The third kappa shape index (κ3) is 9.31. The fourth-order valence-corrected chi connectivity index (χ4v) is 5.55. The van der Waals surface area contributed by atoms with E-state index in [9.17, 15) is 0 Å². The summed E-state index contributed by atoms with van der Waals surface area (Å²) in [5.74, 6) is 2.53. The summed E-state index contributed by atoms with van der Waals surface area (Å²) in [5, 5.41) is 0. The van der Waals surface area contributed by atoms with E-state index in [0.29, 0.717) is 30.0 Å². The third-order valence-corrected chi connectivity index (χ3v) is 6.71. The molecule has 1 saturated carbocycles. The van der Waals surface area contributed by atoms with E-state index in [1.807, 2.05) is 0 Å². The molecular weight excluding hydrogens is 344 g/mol. The summed E-state index contributed by atoms with van der Waals surface area (Å²) in [7, 11) is -1.98. The Morgan fingerprint density at radius 2 is 1.50 bits per heavy atom. The molecule has 4 nitrogen and oxygen atoms in total. The van der Waals surface area contributed by atoms with Gasteiger partial charge in [0.15, 0.2) is 0 Å². The van der Waals surface area contributed by atoms with E-state index in [4.69, 9.17) is 18.0 Å². The lowest BCUT2D eigenvalue weighted by molar-refractivity contribution is 0.0651. The molecule has 0 N–H and O–H groups in total. The number of fused-ring (bicyclic) bond motifs is 1. The molecule has 0 spiro atoms. The Morgan fingerprint density at radius 3 is 2.12 bits per heavy atom. The van der Waals surface area contributed by atoms with Crippen molar-refractivity contribution in [3.05, 3.63) is 0 Å². The Morgan fingerprint density at radius 1 is 0.846 bits per heavy atom. The van der Waals surface area contributed by atoms with Crippen LogP contribution in [0.4, 0.5) is 0 Å². The van der Waals surface area contributed by atoms with Gasteiger partial charge in [0.05, 0.1) is 12.2 Å². The molecule has 0 aromatic heterocycles. The van der Waals surface area contributed by atoms with Crippen LogP contribution in [-0.2, 0) is 18.0 Å². The van der Waals surface area contributed by atoms with Gasteiger partial charge in [-0.3, -0.25) is 0 Å². The van der Waals surface area contributed by atoms with Crippen LogP contribution in [-0.4, -0.2) is 41.6 Å². The van der Waals surface area contributed by atoms with Gasteiger partial charge < -0.3 is 18.0 Å². The Balaban J connectivity index is 1.53. The molecule has 1 heterocycles. The van der Waals surface area contributed by atoms with Crippen molar-refractivity contribution in [3.63, 3.8) is 0 Å². The minimum atomic E-state index is -1.98. The first-order valence-corrected chi connectivity index (χ1v) is 12.4. The third-order valence-electron chi connectivity index (χ3n) is 5.32. The molecule has 4 atom stereocenters. The molecule has 0 aromatic carbocycles. The predicted octanol–water partition coefficient (Wildman–Crippen LogP) is 4.83. The van der Waals surface area contributed by atoms with Crippen molar-refractivity contribution in [3.8, 4) is 0 Å². The molecule has 0 bridgehead atoms. The van der Waals surface area contributed by atoms with Crippen LogP contribution in [0, 0.1) is 23.7 Å². The predicted molar refractivity (Wildman–Crippen MR) is 108 cm³/mol. The average Bonchev–Trinajstić information content (AvgIpc) is 3.36. The maximum absolute atomic E-state index is 6.05. The van der Waals surface area contributed by atoms with Gasteiger partial charge >= 0.3 is 9.53 Å². The van der Waals surface area contributed by atoms with Crippen molar-refractivity contribution >= 4 is 9.53 Å². The summed E-state index contributed by atoms with van der Waals surface area (Å²) in [6.45, 7) is 13.2. The maximum Gasteiger partial charge on any atom is 0.484 e. The topological polar surface area (TPSA) is 40.2 Å². The molecule has 4 unspecified atom stereocenters. The van der Waals surface area contributed by atoms with E-state index < -0.39 is 9.53 Å². The number of rotatable bonds is 14. The van der Waals surface area contributed by atoms with Gasteiger partial charge in [-0.1, -0.05) is 53.9 Å². The minimum Gasteiger partial charge on any atom is -0.376 e. The molecular formula is C21H42O4Si. The molecule has 154 valence electrons. The number of epoxide rings is 1.